The van der Waals surface area contributed by atoms with Crippen LogP contribution < -0.4 is 5.32 Å². The molecular formula is C15H26N2O. The number of nitrogens with one attached hydrogen (secondary N) is 1. The van der Waals surface area contributed by atoms with Gasteiger partial charge in [0.2, 0.25) is 0 Å². The smallest absolute Gasteiger partial charge is 0.0672 e. The summed E-state index contributed by atoms with van der Waals surface area (Å²) >= 11 is 0. The molecule has 0 spiro atoms. The van der Waals surface area contributed by atoms with E-state index in [2.05, 4.69) is 11.4 Å². The summed E-state index contributed by atoms with van der Waals surface area (Å²) < 4.78 is 0. The molecule has 0 bridgehead atoms. The molecule has 2 fully saturated rings. The first kappa shape index (κ1) is 13.8. The molecule has 2 N–H and O–H groups in total. The maximum absolute atomic E-state index is 9.62. The van der Waals surface area contributed by atoms with E-state index in [1.807, 2.05) is 0 Å². The first-order valence-electron chi connectivity index (χ1n) is 7.53. The Bertz CT molecular complexity index is 291. The Labute approximate surface area is 111 Å². The van der Waals surface area contributed by atoms with Crippen molar-refractivity contribution >= 4 is 0 Å². The van der Waals surface area contributed by atoms with Crippen molar-refractivity contribution in [1.29, 1.82) is 5.26 Å². The van der Waals surface area contributed by atoms with Crippen molar-refractivity contribution in [3.05, 3.63) is 0 Å². The molecule has 0 saturated heterocycles. The summed E-state index contributed by atoms with van der Waals surface area (Å²) in [6.45, 7) is 1.19. The monoisotopic (exact) mass is 250 g/mol. The van der Waals surface area contributed by atoms with Gasteiger partial charge < -0.3 is 10.4 Å². The fourth-order valence-corrected chi connectivity index (χ4v) is 3.57. The largest absolute Gasteiger partial charge is 0.396 e. The van der Waals surface area contributed by atoms with Crippen LogP contribution in [0.2, 0.25) is 0 Å². The maximum Gasteiger partial charge on any atom is 0.0672 e. The molecule has 102 valence electrons. The predicted molar refractivity (Wildman–Crippen MR) is 72.0 cm³/mol. The lowest BCUT2D eigenvalue weighted by Crippen LogP contribution is -2.43. The van der Waals surface area contributed by atoms with Crippen molar-refractivity contribution in [1.82, 2.24) is 5.32 Å². The second kappa shape index (κ2) is 6.54. The van der Waals surface area contributed by atoms with Crippen LogP contribution >= 0.6 is 0 Å². The van der Waals surface area contributed by atoms with Gasteiger partial charge in [-0.25, -0.2) is 0 Å². The average molecular weight is 250 g/mol. The first-order valence-corrected chi connectivity index (χ1v) is 7.53. The lowest BCUT2D eigenvalue weighted by molar-refractivity contribution is 0.122. The normalized spacial score (nSPS) is 31.8. The molecule has 3 nitrogen and oxygen atoms in total. The number of aliphatic hydroxyl groups excluding tert-OH is 1. The van der Waals surface area contributed by atoms with E-state index >= 15 is 0 Å². The molecule has 2 unspecified atom stereocenters. The Kier molecular flexibility index (Phi) is 5.03. The van der Waals surface area contributed by atoms with Gasteiger partial charge in [-0.3, -0.25) is 0 Å². The van der Waals surface area contributed by atoms with Gasteiger partial charge in [-0.05, 0) is 25.7 Å². The number of nitriles is 1. The highest BCUT2D eigenvalue weighted by molar-refractivity contribution is 4.95. The highest BCUT2D eigenvalue weighted by Crippen LogP contribution is 2.37. The molecule has 3 heteroatoms. The zero-order chi connectivity index (χ0) is 12.8. The molecule has 0 amide bonds. The van der Waals surface area contributed by atoms with Crippen molar-refractivity contribution in [2.75, 3.05) is 13.2 Å². The van der Waals surface area contributed by atoms with Crippen molar-refractivity contribution < 1.29 is 5.11 Å². The quantitative estimate of drug-likeness (QED) is 0.754. The molecule has 0 heterocycles. The molecule has 18 heavy (non-hydrogen) atoms. The summed E-state index contributed by atoms with van der Waals surface area (Å²) in [5.41, 5.74) is 0.103. The average Bonchev–Trinajstić information content (AvgIpc) is 2.76. The number of nitrogens with zero attached hydrogens (tertiary/aromatic N) is 1. The standard InChI is InChI=1S/C15H26N2O/c16-10-13-6-2-1-3-7-14(13)17-11-15(12-18)8-4-5-9-15/h13-14,17-18H,1-9,11-12H2. The van der Waals surface area contributed by atoms with Gasteiger partial charge in [0.05, 0.1) is 12.0 Å². The molecule has 2 saturated carbocycles. The summed E-state index contributed by atoms with van der Waals surface area (Å²) in [7, 11) is 0. The molecule has 2 aliphatic carbocycles. The lowest BCUT2D eigenvalue weighted by Gasteiger charge is -2.30. The Morgan fingerprint density at radius 1 is 1.11 bits per heavy atom. The summed E-state index contributed by atoms with van der Waals surface area (Å²) in [6.07, 6.45) is 10.6. The lowest BCUT2D eigenvalue weighted by atomic mass is 9.86. The van der Waals surface area contributed by atoms with Crippen LogP contribution in [-0.2, 0) is 0 Å². The Hall–Kier alpha value is -0.590. The number of aliphatic hydroxyl groups is 1. The molecule has 0 aliphatic heterocycles. The Balaban J connectivity index is 1.89. The van der Waals surface area contributed by atoms with E-state index in [-0.39, 0.29) is 11.3 Å². The number of hydrogen-bond acceptors (Lipinski definition) is 3. The second-order valence-corrected chi connectivity index (χ2v) is 6.23. The molecule has 0 aromatic carbocycles. The third-order valence-corrected chi connectivity index (χ3v) is 4.92. The van der Waals surface area contributed by atoms with Gasteiger partial charge in [-0.1, -0.05) is 32.1 Å². The summed E-state index contributed by atoms with van der Waals surface area (Å²) in [4.78, 5) is 0. The zero-order valence-electron chi connectivity index (χ0n) is 11.3. The summed E-state index contributed by atoms with van der Waals surface area (Å²) in [5.74, 6) is 0.171. The second-order valence-electron chi connectivity index (χ2n) is 6.23. The topological polar surface area (TPSA) is 56.0 Å². The van der Waals surface area contributed by atoms with E-state index in [0.29, 0.717) is 12.6 Å². The zero-order valence-corrected chi connectivity index (χ0v) is 11.3. The van der Waals surface area contributed by atoms with Gasteiger partial charge in [-0.15, -0.1) is 0 Å². The molecular weight excluding hydrogens is 224 g/mol. The van der Waals surface area contributed by atoms with Crippen LogP contribution in [0.4, 0.5) is 0 Å². The molecule has 2 atom stereocenters. The number of hydrogen-bond donors (Lipinski definition) is 2. The first-order chi connectivity index (χ1) is 8.79. The van der Waals surface area contributed by atoms with Gasteiger partial charge in [0.15, 0.2) is 0 Å². The molecule has 0 aromatic heterocycles. The molecule has 0 aromatic rings. The van der Waals surface area contributed by atoms with E-state index < -0.39 is 0 Å². The van der Waals surface area contributed by atoms with E-state index in [1.54, 1.807) is 0 Å². The van der Waals surface area contributed by atoms with Crippen LogP contribution in [0, 0.1) is 22.7 Å². The van der Waals surface area contributed by atoms with Crippen LogP contribution in [0.1, 0.15) is 57.8 Å². The van der Waals surface area contributed by atoms with Crippen LogP contribution in [-0.4, -0.2) is 24.3 Å². The number of rotatable bonds is 4. The highest BCUT2D eigenvalue weighted by Gasteiger charge is 2.34. The van der Waals surface area contributed by atoms with Gasteiger partial charge in [0.1, 0.15) is 0 Å². The van der Waals surface area contributed by atoms with Crippen molar-refractivity contribution in [3.63, 3.8) is 0 Å². The third kappa shape index (κ3) is 3.24. The predicted octanol–water partition coefficient (Wildman–Crippen LogP) is 2.60. The SMILES string of the molecule is N#CC1CCCCCC1NCC1(CO)CCCC1. The third-order valence-electron chi connectivity index (χ3n) is 4.92. The minimum Gasteiger partial charge on any atom is -0.396 e. The summed E-state index contributed by atoms with van der Waals surface area (Å²) in [5, 5.41) is 22.5. The molecule has 2 rings (SSSR count). The summed E-state index contributed by atoms with van der Waals surface area (Å²) in [6, 6.07) is 2.82. The molecule has 2 aliphatic rings. The van der Waals surface area contributed by atoms with Gasteiger partial charge in [0, 0.05) is 24.6 Å². The Morgan fingerprint density at radius 2 is 1.83 bits per heavy atom. The van der Waals surface area contributed by atoms with E-state index in [0.717, 1.165) is 32.2 Å². The minimum absolute atomic E-state index is 0.103. The van der Waals surface area contributed by atoms with Gasteiger partial charge in [-0.2, -0.15) is 5.26 Å². The van der Waals surface area contributed by atoms with Crippen molar-refractivity contribution in [2.24, 2.45) is 11.3 Å². The van der Waals surface area contributed by atoms with Crippen LogP contribution in [0.15, 0.2) is 0 Å². The van der Waals surface area contributed by atoms with E-state index in [1.165, 1.54) is 32.1 Å². The van der Waals surface area contributed by atoms with Crippen LogP contribution in [0.5, 0.6) is 0 Å². The minimum atomic E-state index is 0.103. The van der Waals surface area contributed by atoms with E-state index in [4.69, 9.17) is 0 Å². The van der Waals surface area contributed by atoms with Crippen LogP contribution in [0.25, 0.3) is 0 Å². The fraction of sp³-hybridized carbons (Fsp3) is 0.933. The Morgan fingerprint density at radius 3 is 2.50 bits per heavy atom. The molecule has 0 radical (unpaired) electrons. The van der Waals surface area contributed by atoms with Crippen LogP contribution in [0.3, 0.4) is 0 Å². The van der Waals surface area contributed by atoms with Gasteiger partial charge in [0.25, 0.3) is 0 Å². The van der Waals surface area contributed by atoms with Crippen molar-refractivity contribution in [3.8, 4) is 6.07 Å². The van der Waals surface area contributed by atoms with E-state index in [9.17, 15) is 10.4 Å². The fourth-order valence-electron chi connectivity index (χ4n) is 3.57. The highest BCUT2D eigenvalue weighted by atomic mass is 16.3. The maximum atomic E-state index is 9.62. The van der Waals surface area contributed by atoms with Crippen molar-refractivity contribution in [2.45, 2.75) is 63.8 Å². The van der Waals surface area contributed by atoms with Gasteiger partial charge >= 0.3 is 0 Å².